The molecule has 1 unspecified atom stereocenters. The third-order valence-electron chi connectivity index (χ3n) is 5.39. The van der Waals surface area contributed by atoms with E-state index in [2.05, 4.69) is 64.3 Å². The van der Waals surface area contributed by atoms with Crippen LogP contribution in [0.1, 0.15) is 51.8 Å². The van der Waals surface area contributed by atoms with E-state index in [1.165, 1.54) is 11.1 Å². The van der Waals surface area contributed by atoms with E-state index in [-0.39, 0.29) is 6.04 Å². The summed E-state index contributed by atoms with van der Waals surface area (Å²) in [7, 11) is 0. The predicted octanol–water partition coefficient (Wildman–Crippen LogP) is 3.44. The Balaban J connectivity index is 2.25. The molecule has 1 aliphatic rings. The van der Waals surface area contributed by atoms with E-state index in [4.69, 9.17) is 5.84 Å². The van der Waals surface area contributed by atoms with Gasteiger partial charge in [0.05, 0.1) is 0 Å². The third-order valence-corrected chi connectivity index (χ3v) is 5.39. The van der Waals surface area contributed by atoms with Gasteiger partial charge in [-0.25, -0.2) is 0 Å². The van der Waals surface area contributed by atoms with Gasteiger partial charge < -0.3 is 0 Å². The molecule has 1 fully saturated rings. The molecular formula is C16H26N2. The topological polar surface area (TPSA) is 38.0 Å². The molecule has 100 valence electrons. The Morgan fingerprint density at radius 2 is 1.61 bits per heavy atom. The van der Waals surface area contributed by atoms with Crippen LogP contribution in [0.2, 0.25) is 0 Å². The van der Waals surface area contributed by atoms with Gasteiger partial charge in [0.1, 0.15) is 0 Å². The summed E-state index contributed by atoms with van der Waals surface area (Å²) in [6.45, 7) is 11.5. The van der Waals surface area contributed by atoms with Gasteiger partial charge in [0.2, 0.25) is 0 Å². The lowest BCUT2D eigenvalue weighted by Crippen LogP contribution is -2.31. The highest BCUT2D eigenvalue weighted by molar-refractivity contribution is 5.30. The molecule has 0 saturated heterocycles. The molecule has 3 N–H and O–H groups in total. The summed E-state index contributed by atoms with van der Waals surface area (Å²) >= 11 is 0. The molecule has 2 rings (SSSR count). The van der Waals surface area contributed by atoms with E-state index >= 15 is 0 Å². The number of nitrogens with two attached hydrogens (primary N) is 1. The predicted molar refractivity (Wildman–Crippen MR) is 76.9 cm³/mol. The average molecular weight is 246 g/mol. The van der Waals surface area contributed by atoms with Crippen molar-refractivity contribution in [3.63, 3.8) is 0 Å². The SMILES string of the molecule is CCc1ccc(C(NN)C2C(C)(C)C2(C)C)cc1. The number of rotatable bonds is 4. The molecule has 0 amide bonds. The van der Waals surface area contributed by atoms with Gasteiger partial charge in [0.15, 0.2) is 0 Å². The van der Waals surface area contributed by atoms with Crippen LogP contribution >= 0.6 is 0 Å². The molecule has 1 saturated carbocycles. The van der Waals surface area contributed by atoms with Gasteiger partial charge in [-0.2, -0.15) is 0 Å². The maximum Gasteiger partial charge on any atom is 0.0498 e. The number of aryl methyl sites for hydroxylation is 1. The van der Waals surface area contributed by atoms with Gasteiger partial charge in [-0.15, -0.1) is 0 Å². The van der Waals surface area contributed by atoms with Gasteiger partial charge in [-0.3, -0.25) is 11.3 Å². The number of hydrogen-bond acceptors (Lipinski definition) is 2. The van der Waals surface area contributed by atoms with Crippen LogP contribution in [0.15, 0.2) is 24.3 Å². The van der Waals surface area contributed by atoms with Crippen LogP contribution in [0.4, 0.5) is 0 Å². The van der Waals surface area contributed by atoms with Gasteiger partial charge in [-0.1, -0.05) is 58.9 Å². The van der Waals surface area contributed by atoms with Gasteiger partial charge in [0, 0.05) is 6.04 Å². The summed E-state index contributed by atoms with van der Waals surface area (Å²) < 4.78 is 0. The Bertz CT molecular complexity index is 403. The molecule has 0 radical (unpaired) electrons. The molecule has 1 aromatic rings. The summed E-state index contributed by atoms with van der Waals surface area (Å²) in [6, 6.07) is 9.10. The summed E-state index contributed by atoms with van der Waals surface area (Å²) in [5.41, 5.74) is 6.39. The fourth-order valence-electron chi connectivity index (χ4n) is 3.43. The van der Waals surface area contributed by atoms with E-state index in [1.54, 1.807) is 0 Å². The molecule has 18 heavy (non-hydrogen) atoms. The molecule has 2 heteroatoms. The minimum absolute atomic E-state index is 0.251. The molecule has 0 spiro atoms. The van der Waals surface area contributed by atoms with E-state index in [0.29, 0.717) is 16.7 Å². The fraction of sp³-hybridized carbons (Fsp3) is 0.625. The van der Waals surface area contributed by atoms with Crippen molar-refractivity contribution in [3.05, 3.63) is 35.4 Å². The highest BCUT2D eigenvalue weighted by Crippen LogP contribution is 2.72. The van der Waals surface area contributed by atoms with Crippen molar-refractivity contribution in [3.8, 4) is 0 Å². The molecule has 1 aromatic carbocycles. The van der Waals surface area contributed by atoms with Crippen molar-refractivity contribution >= 4 is 0 Å². The smallest absolute Gasteiger partial charge is 0.0498 e. The van der Waals surface area contributed by atoms with Crippen molar-refractivity contribution in [1.82, 2.24) is 5.43 Å². The minimum Gasteiger partial charge on any atom is -0.271 e. The van der Waals surface area contributed by atoms with Crippen molar-refractivity contribution in [2.75, 3.05) is 0 Å². The van der Waals surface area contributed by atoms with Crippen LogP contribution in [-0.4, -0.2) is 0 Å². The molecular weight excluding hydrogens is 220 g/mol. The van der Waals surface area contributed by atoms with E-state index in [0.717, 1.165) is 6.42 Å². The Hall–Kier alpha value is -0.860. The quantitative estimate of drug-likeness (QED) is 0.631. The first kappa shape index (κ1) is 13.6. The molecule has 0 aliphatic heterocycles. The zero-order valence-electron chi connectivity index (χ0n) is 12.2. The highest BCUT2D eigenvalue weighted by atomic mass is 15.2. The maximum atomic E-state index is 5.81. The van der Waals surface area contributed by atoms with Crippen molar-refractivity contribution < 1.29 is 0 Å². The van der Waals surface area contributed by atoms with Gasteiger partial charge >= 0.3 is 0 Å². The second kappa shape index (κ2) is 4.36. The van der Waals surface area contributed by atoms with Crippen molar-refractivity contribution in [2.45, 2.75) is 47.1 Å². The van der Waals surface area contributed by atoms with Crippen LogP contribution < -0.4 is 11.3 Å². The summed E-state index contributed by atoms with van der Waals surface area (Å²) in [5.74, 6) is 6.39. The lowest BCUT2D eigenvalue weighted by molar-refractivity contribution is 0.417. The largest absolute Gasteiger partial charge is 0.271 e. The van der Waals surface area contributed by atoms with Crippen LogP contribution in [0.3, 0.4) is 0 Å². The van der Waals surface area contributed by atoms with E-state index in [9.17, 15) is 0 Å². The van der Waals surface area contributed by atoms with Crippen molar-refractivity contribution in [1.29, 1.82) is 0 Å². The summed E-state index contributed by atoms with van der Waals surface area (Å²) in [5, 5.41) is 0. The van der Waals surface area contributed by atoms with Gasteiger partial charge in [0.25, 0.3) is 0 Å². The fourth-order valence-corrected chi connectivity index (χ4v) is 3.43. The van der Waals surface area contributed by atoms with Crippen LogP contribution in [0.5, 0.6) is 0 Å². The molecule has 2 nitrogen and oxygen atoms in total. The second-order valence-electron chi connectivity index (χ2n) is 6.66. The third kappa shape index (κ3) is 1.88. The molecule has 0 aromatic heterocycles. The summed E-state index contributed by atoms with van der Waals surface area (Å²) in [6.07, 6.45) is 1.08. The molecule has 0 bridgehead atoms. The first-order chi connectivity index (χ1) is 8.36. The molecule has 1 atom stereocenters. The average Bonchev–Trinajstić information content (AvgIpc) is 2.74. The normalized spacial score (nSPS) is 22.8. The Labute approximate surface area is 111 Å². The van der Waals surface area contributed by atoms with Crippen molar-refractivity contribution in [2.24, 2.45) is 22.6 Å². The zero-order valence-corrected chi connectivity index (χ0v) is 12.2. The number of hydrogen-bond donors (Lipinski definition) is 2. The number of nitrogens with one attached hydrogen (secondary N) is 1. The molecule has 0 heterocycles. The maximum absolute atomic E-state index is 5.81. The highest BCUT2D eigenvalue weighted by Gasteiger charge is 2.67. The number of hydrazine groups is 1. The Kier molecular flexibility index (Phi) is 3.28. The monoisotopic (exact) mass is 246 g/mol. The second-order valence-corrected chi connectivity index (χ2v) is 6.66. The van der Waals surface area contributed by atoms with E-state index < -0.39 is 0 Å². The van der Waals surface area contributed by atoms with Crippen LogP contribution in [0, 0.1) is 16.7 Å². The Morgan fingerprint density at radius 3 is 1.94 bits per heavy atom. The van der Waals surface area contributed by atoms with E-state index in [1.807, 2.05) is 0 Å². The summed E-state index contributed by atoms with van der Waals surface area (Å²) in [4.78, 5) is 0. The zero-order chi connectivity index (χ0) is 13.6. The first-order valence-electron chi connectivity index (χ1n) is 6.91. The molecule has 1 aliphatic carbocycles. The standard InChI is InChI=1S/C16H26N2/c1-6-11-7-9-12(10-8-11)13(18-17)14-15(2,3)16(14,4)5/h7-10,13-14,18H,6,17H2,1-5H3. The lowest BCUT2D eigenvalue weighted by Gasteiger charge is -2.19. The lowest BCUT2D eigenvalue weighted by atomic mass is 9.96. The minimum atomic E-state index is 0.251. The Morgan fingerprint density at radius 1 is 1.11 bits per heavy atom. The van der Waals surface area contributed by atoms with Crippen LogP contribution in [0.25, 0.3) is 0 Å². The van der Waals surface area contributed by atoms with Gasteiger partial charge in [-0.05, 0) is 34.3 Å². The van der Waals surface area contributed by atoms with Crippen LogP contribution in [-0.2, 0) is 6.42 Å². The first-order valence-corrected chi connectivity index (χ1v) is 6.91. The number of benzene rings is 1.